The van der Waals surface area contributed by atoms with Gasteiger partial charge in [-0.3, -0.25) is 9.10 Å². The van der Waals surface area contributed by atoms with Crippen LogP contribution < -0.4 is 14.4 Å². The van der Waals surface area contributed by atoms with Crippen LogP contribution in [0.4, 0.5) is 11.4 Å². The number of rotatable bonds is 9. The summed E-state index contributed by atoms with van der Waals surface area (Å²) in [4.78, 5) is 25.3. The number of aryl methyl sites for hydroxylation is 1. The van der Waals surface area contributed by atoms with E-state index in [1.54, 1.807) is 56.3 Å². The van der Waals surface area contributed by atoms with Crippen LogP contribution in [-0.4, -0.2) is 40.6 Å². The van der Waals surface area contributed by atoms with Gasteiger partial charge in [0, 0.05) is 5.69 Å². The van der Waals surface area contributed by atoms with Crippen LogP contribution in [0.2, 0.25) is 0 Å². The molecule has 10 heteroatoms. The molecule has 3 aromatic carbocycles. The molecule has 0 spiro atoms. The summed E-state index contributed by atoms with van der Waals surface area (Å²) in [5.41, 5.74) is 2.51. The van der Waals surface area contributed by atoms with Crippen molar-refractivity contribution < 1.29 is 27.5 Å². The molecule has 0 bridgehead atoms. The van der Waals surface area contributed by atoms with Crippen molar-refractivity contribution in [2.45, 2.75) is 25.7 Å². The van der Waals surface area contributed by atoms with Crippen molar-refractivity contribution in [3.05, 3.63) is 81.8 Å². The number of nitrogens with one attached hydrogen (secondary N) is 1. The Labute approximate surface area is 219 Å². The normalized spacial score (nSPS) is 11.0. The number of anilines is 2. The number of methoxy groups -OCH3 is 1. The van der Waals surface area contributed by atoms with Crippen LogP contribution in [-0.2, 0) is 19.6 Å². The van der Waals surface area contributed by atoms with Crippen LogP contribution in [0, 0.1) is 13.8 Å². The van der Waals surface area contributed by atoms with Gasteiger partial charge in [-0.25, -0.2) is 13.2 Å². The molecule has 8 nitrogen and oxygen atoms in total. The van der Waals surface area contributed by atoms with Crippen molar-refractivity contribution in [1.29, 1.82) is 0 Å². The summed E-state index contributed by atoms with van der Waals surface area (Å²) in [5, 5.41) is 2.73. The van der Waals surface area contributed by atoms with Crippen LogP contribution >= 0.6 is 15.9 Å². The zero-order chi connectivity index (χ0) is 26.5. The Morgan fingerprint density at radius 2 is 1.72 bits per heavy atom. The summed E-state index contributed by atoms with van der Waals surface area (Å²) in [7, 11) is -2.65. The number of benzene rings is 3. The quantitative estimate of drug-likeness (QED) is 0.357. The number of nitrogens with zero attached hydrogens (tertiary/aromatic N) is 1. The summed E-state index contributed by atoms with van der Waals surface area (Å²) >= 11 is 3.32. The number of hydrogen-bond donors (Lipinski definition) is 1. The van der Waals surface area contributed by atoms with E-state index in [0.29, 0.717) is 32.7 Å². The first-order valence-electron chi connectivity index (χ1n) is 11.1. The van der Waals surface area contributed by atoms with E-state index in [-0.39, 0.29) is 11.5 Å². The van der Waals surface area contributed by atoms with Crippen LogP contribution in [0.3, 0.4) is 0 Å². The van der Waals surface area contributed by atoms with E-state index < -0.39 is 28.4 Å². The van der Waals surface area contributed by atoms with Crippen molar-refractivity contribution in [3.63, 3.8) is 0 Å². The minimum atomic E-state index is -4.13. The third-order valence-corrected chi connectivity index (χ3v) is 7.81. The highest BCUT2D eigenvalue weighted by Crippen LogP contribution is 2.31. The average Bonchev–Trinajstić information content (AvgIpc) is 2.84. The maximum atomic E-state index is 13.7. The summed E-state index contributed by atoms with van der Waals surface area (Å²) in [6, 6.07) is 16.1. The molecule has 0 fully saturated rings. The van der Waals surface area contributed by atoms with E-state index >= 15 is 0 Å². The van der Waals surface area contributed by atoms with Gasteiger partial charge in [0.25, 0.3) is 10.0 Å². The highest BCUT2D eigenvalue weighted by atomic mass is 79.9. The molecule has 36 heavy (non-hydrogen) atoms. The van der Waals surface area contributed by atoms with Gasteiger partial charge >= 0.3 is 5.97 Å². The van der Waals surface area contributed by atoms with Gasteiger partial charge in [0.15, 0.2) is 0 Å². The number of hydrogen-bond acceptors (Lipinski definition) is 6. The predicted octanol–water partition coefficient (Wildman–Crippen LogP) is 5.09. The van der Waals surface area contributed by atoms with Gasteiger partial charge in [0.2, 0.25) is 5.91 Å². The first kappa shape index (κ1) is 27.2. The molecule has 0 aliphatic carbocycles. The second-order valence-electron chi connectivity index (χ2n) is 7.89. The number of carbonyl (C=O) groups excluding carboxylic acids is 2. The van der Waals surface area contributed by atoms with E-state index in [1.807, 2.05) is 6.92 Å². The minimum Gasteiger partial charge on any atom is -0.496 e. The molecule has 1 amide bonds. The molecule has 0 saturated heterocycles. The Kier molecular flexibility index (Phi) is 8.75. The van der Waals surface area contributed by atoms with Gasteiger partial charge in [-0.1, -0.05) is 23.8 Å². The molecule has 0 unspecified atom stereocenters. The fourth-order valence-corrected chi connectivity index (χ4v) is 5.62. The van der Waals surface area contributed by atoms with Gasteiger partial charge in [-0.2, -0.15) is 0 Å². The molecule has 190 valence electrons. The largest absolute Gasteiger partial charge is 0.496 e. The van der Waals surface area contributed by atoms with Crippen molar-refractivity contribution in [2.24, 2.45) is 0 Å². The molecule has 0 aromatic heterocycles. The van der Waals surface area contributed by atoms with Crippen LogP contribution in [0.25, 0.3) is 0 Å². The SMILES string of the molecule is CCOC(=O)c1cccc(NC(=O)CN(c2ccc(C)cc2)S(=O)(=O)c2ccc(OC)c(Br)c2)c1C. The number of ether oxygens (including phenoxy) is 2. The first-order valence-corrected chi connectivity index (χ1v) is 13.3. The lowest BCUT2D eigenvalue weighted by Crippen LogP contribution is -2.38. The monoisotopic (exact) mass is 574 g/mol. The van der Waals surface area contributed by atoms with Crippen molar-refractivity contribution >= 4 is 49.2 Å². The molecular formula is C26H27BrN2O6S. The maximum absolute atomic E-state index is 13.7. The summed E-state index contributed by atoms with van der Waals surface area (Å²) < 4.78 is 39.1. The molecule has 1 N–H and O–H groups in total. The Morgan fingerprint density at radius 3 is 2.33 bits per heavy atom. The number of esters is 1. The molecule has 0 atom stereocenters. The standard InChI is InChI=1S/C26H27BrN2O6S/c1-5-35-26(31)21-7-6-8-23(18(21)3)28-25(30)16-29(19-11-9-17(2)10-12-19)36(32,33)20-13-14-24(34-4)22(27)15-20/h6-15H,5,16H2,1-4H3,(H,28,30). The van der Waals surface area contributed by atoms with E-state index in [2.05, 4.69) is 21.2 Å². The van der Waals surface area contributed by atoms with E-state index in [9.17, 15) is 18.0 Å². The van der Waals surface area contributed by atoms with Crippen molar-refractivity contribution in [1.82, 2.24) is 0 Å². The Balaban J connectivity index is 1.95. The second kappa shape index (κ2) is 11.6. The van der Waals surface area contributed by atoms with Crippen molar-refractivity contribution in [3.8, 4) is 5.75 Å². The topological polar surface area (TPSA) is 102 Å². The Bertz CT molecular complexity index is 1370. The average molecular weight is 575 g/mol. The summed E-state index contributed by atoms with van der Waals surface area (Å²) in [6.45, 7) is 5.01. The fraction of sp³-hybridized carbons (Fsp3) is 0.231. The number of carbonyl (C=O) groups is 2. The van der Waals surface area contributed by atoms with Gasteiger partial charge in [0.1, 0.15) is 12.3 Å². The van der Waals surface area contributed by atoms with Crippen LogP contribution in [0.15, 0.2) is 70.0 Å². The third kappa shape index (κ3) is 6.06. The molecule has 3 aromatic rings. The zero-order valence-electron chi connectivity index (χ0n) is 20.4. The van der Waals surface area contributed by atoms with Crippen LogP contribution in [0.5, 0.6) is 5.75 Å². The molecule has 0 saturated carbocycles. The minimum absolute atomic E-state index is 0.0101. The van der Waals surface area contributed by atoms with Gasteiger partial charge in [0.05, 0.1) is 34.3 Å². The lowest BCUT2D eigenvalue weighted by Gasteiger charge is -2.25. The molecule has 0 radical (unpaired) electrons. The van der Waals surface area contributed by atoms with Gasteiger partial charge in [-0.05, 0) is 84.7 Å². The van der Waals surface area contributed by atoms with Crippen LogP contribution in [0.1, 0.15) is 28.4 Å². The second-order valence-corrected chi connectivity index (χ2v) is 10.6. The zero-order valence-corrected chi connectivity index (χ0v) is 22.8. The lowest BCUT2D eigenvalue weighted by atomic mass is 10.1. The molecular weight excluding hydrogens is 548 g/mol. The van der Waals surface area contributed by atoms with Gasteiger partial charge in [-0.15, -0.1) is 0 Å². The molecule has 0 aliphatic heterocycles. The molecule has 3 rings (SSSR count). The summed E-state index contributed by atoms with van der Waals surface area (Å²) in [6.07, 6.45) is 0. The smallest absolute Gasteiger partial charge is 0.338 e. The lowest BCUT2D eigenvalue weighted by molar-refractivity contribution is -0.114. The first-order chi connectivity index (χ1) is 17.1. The van der Waals surface area contributed by atoms with Crippen molar-refractivity contribution in [2.75, 3.05) is 29.9 Å². The predicted molar refractivity (Wildman–Crippen MR) is 142 cm³/mol. The highest BCUT2D eigenvalue weighted by Gasteiger charge is 2.28. The fourth-order valence-electron chi connectivity index (χ4n) is 3.48. The third-order valence-electron chi connectivity index (χ3n) is 5.42. The molecule has 0 aliphatic rings. The van der Waals surface area contributed by atoms with E-state index in [1.165, 1.54) is 25.3 Å². The summed E-state index contributed by atoms with van der Waals surface area (Å²) in [5.74, 6) is -0.596. The Hall–Kier alpha value is -3.37. The van der Waals surface area contributed by atoms with Gasteiger partial charge < -0.3 is 14.8 Å². The van der Waals surface area contributed by atoms with E-state index in [0.717, 1.165) is 9.87 Å². The Morgan fingerprint density at radius 1 is 1.03 bits per heavy atom. The number of amides is 1. The number of halogens is 1. The maximum Gasteiger partial charge on any atom is 0.338 e. The highest BCUT2D eigenvalue weighted by molar-refractivity contribution is 9.10. The number of sulfonamides is 1. The molecule has 0 heterocycles. The van der Waals surface area contributed by atoms with E-state index in [4.69, 9.17) is 9.47 Å².